The molecule has 0 radical (unpaired) electrons. The molecule has 9 N–H and O–H groups in total. The molecular weight excluding hydrogens is 449 g/mol. The number of benzene rings is 1. The predicted molar refractivity (Wildman–Crippen MR) is 124 cm³/mol. The molecule has 186 valence electrons. The summed E-state index contributed by atoms with van der Waals surface area (Å²) in [6, 6.07) is 4.51. The summed E-state index contributed by atoms with van der Waals surface area (Å²) in [5.74, 6) is 1.15. The van der Waals surface area contributed by atoms with Crippen LogP contribution in [0.4, 0.5) is 31.0 Å². The van der Waals surface area contributed by atoms with Crippen molar-refractivity contribution in [1.29, 1.82) is 0 Å². The number of hydrogen-bond donors (Lipinski definition) is 5. The van der Waals surface area contributed by atoms with Crippen LogP contribution in [0.3, 0.4) is 0 Å². The average Bonchev–Trinajstić information content (AvgIpc) is 2.76. The first-order valence-electron chi connectivity index (χ1n) is 11.2. The number of rotatable bonds is 5. The zero-order valence-corrected chi connectivity index (χ0v) is 18.7. The van der Waals surface area contributed by atoms with Gasteiger partial charge in [0.05, 0.1) is 5.56 Å². The van der Waals surface area contributed by atoms with E-state index in [1.54, 1.807) is 0 Å². The van der Waals surface area contributed by atoms with Crippen LogP contribution in [0.15, 0.2) is 24.3 Å². The standard InChI is InChI=1S/C21H31F3N10/c22-21(23,24)13-3-1-12(2-4-13)7-29-18-30-19(33-8-14(25)5-15(26)9-33)32-20(31-18)34-10-16(27)6-17(28)11-34/h1-4,14-17H,5-11,25-28H2,(H,29,30,31,32). The molecule has 0 saturated carbocycles. The fourth-order valence-electron chi connectivity index (χ4n) is 4.39. The molecule has 1 aromatic carbocycles. The van der Waals surface area contributed by atoms with E-state index in [0.29, 0.717) is 62.4 Å². The van der Waals surface area contributed by atoms with E-state index in [9.17, 15) is 13.2 Å². The summed E-state index contributed by atoms with van der Waals surface area (Å²) in [6.07, 6.45) is -2.96. The number of halogens is 3. The minimum absolute atomic E-state index is 0.107. The number of aromatic nitrogens is 3. The third-order valence-electron chi connectivity index (χ3n) is 5.94. The van der Waals surface area contributed by atoms with Gasteiger partial charge in [0, 0.05) is 56.9 Å². The molecule has 0 aliphatic carbocycles. The molecule has 34 heavy (non-hydrogen) atoms. The first-order valence-corrected chi connectivity index (χ1v) is 11.2. The lowest BCUT2D eigenvalue weighted by atomic mass is 10.0. The smallest absolute Gasteiger partial charge is 0.350 e. The Hall–Kier alpha value is -2.74. The van der Waals surface area contributed by atoms with Crippen molar-refractivity contribution in [3.63, 3.8) is 0 Å². The highest BCUT2D eigenvalue weighted by Gasteiger charge is 2.30. The van der Waals surface area contributed by atoms with E-state index >= 15 is 0 Å². The van der Waals surface area contributed by atoms with Gasteiger partial charge in [-0.15, -0.1) is 0 Å². The number of hydrogen-bond acceptors (Lipinski definition) is 10. The summed E-state index contributed by atoms with van der Waals surface area (Å²) >= 11 is 0. The molecule has 2 fully saturated rings. The van der Waals surface area contributed by atoms with Gasteiger partial charge in [0.1, 0.15) is 0 Å². The Labute approximate surface area is 195 Å². The molecular formula is C21H31F3N10. The molecule has 4 unspecified atom stereocenters. The summed E-state index contributed by atoms with van der Waals surface area (Å²) in [6.45, 7) is 2.44. The summed E-state index contributed by atoms with van der Waals surface area (Å²) in [5.41, 5.74) is 24.6. The minimum Gasteiger partial charge on any atom is -0.350 e. The van der Waals surface area contributed by atoms with Crippen LogP contribution in [0.2, 0.25) is 0 Å². The van der Waals surface area contributed by atoms with Crippen molar-refractivity contribution in [2.24, 2.45) is 22.9 Å². The van der Waals surface area contributed by atoms with Gasteiger partial charge in [0.15, 0.2) is 0 Å². The third kappa shape index (κ3) is 6.03. The maximum atomic E-state index is 12.8. The monoisotopic (exact) mass is 480 g/mol. The lowest BCUT2D eigenvalue weighted by Crippen LogP contribution is -2.54. The van der Waals surface area contributed by atoms with E-state index in [-0.39, 0.29) is 30.7 Å². The van der Waals surface area contributed by atoms with Crippen LogP contribution in [0.25, 0.3) is 0 Å². The maximum absolute atomic E-state index is 12.8. The lowest BCUT2D eigenvalue weighted by molar-refractivity contribution is -0.137. The number of piperidine rings is 2. The van der Waals surface area contributed by atoms with Crippen LogP contribution < -0.4 is 38.1 Å². The van der Waals surface area contributed by atoms with E-state index in [2.05, 4.69) is 20.3 Å². The van der Waals surface area contributed by atoms with Gasteiger partial charge in [-0.2, -0.15) is 28.1 Å². The molecule has 2 aliphatic heterocycles. The van der Waals surface area contributed by atoms with Crippen LogP contribution in [0.1, 0.15) is 24.0 Å². The summed E-state index contributed by atoms with van der Waals surface area (Å²) < 4.78 is 38.5. The molecule has 4 atom stereocenters. The molecule has 3 heterocycles. The molecule has 13 heteroatoms. The van der Waals surface area contributed by atoms with Gasteiger partial charge in [-0.25, -0.2) is 0 Å². The first-order chi connectivity index (χ1) is 16.1. The number of nitrogens with one attached hydrogen (secondary N) is 1. The number of nitrogens with zero attached hydrogens (tertiary/aromatic N) is 5. The quantitative estimate of drug-likeness (QED) is 0.401. The second-order valence-electron chi connectivity index (χ2n) is 9.13. The van der Waals surface area contributed by atoms with E-state index in [1.807, 2.05) is 9.80 Å². The topological polar surface area (TPSA) is 161 Å². The third-order valence-corrected chi connectivity index (χ3v) is 5.94. The van der Waals surface area contributed by atoms with Gasteiger partial charge in [-0.3, -0.25) is 0 Å². The number of alkyl halides is 3. The van der Waals surface area contributed by atoms with Crippen molar-refractivity contribution in [2.45, 2.75) is 49.7 Å². The van der Waals surface area contributed by atoms with Crippen molar-refractivity contribution >= 4 is 17.8 Å². The van der Waals surface area contributed by atoms with Gasteiger partial charge in [-0.1, -0.05) is 12.1 Å². The van der Waals surface area contributed by atoms with E-state index in [4.69, 9.17) is 22.9 Å². The predicted octanol–water partition coefficient (Wildman–Crippen LogP) is 0.232. The van der Waals surface area contributed by atoms with Gasteiger partial charge >= 0.3 is 6.18 Å². The van der Waals surface area contributed by atoms with Crippen LogP contribution in [-0.4, -0.2) is 65.3 Å². The van der Waals surface area contributed by atoms with Gasteiger partial charge in [0.2, 0.25) is 17.8 Å². The molecule has 0 bridgehead atoms. The molecule has 0 amide bonds. The Morgan fingerprint density at radius 2 is 1.21 bits per heavy atom. The van der Waals surface area contributed by atoms with Crippen LogP contribution in [0.5, 0.6) is 0 Å². The van der Waals surface area contributed by atoms with Crippen LogP contribution >= 0.6 is 0 Å². The summed E-state index contributed by atoms with van der Waals surface area (Å²) in [5, 5.41) is 3.10. The van der Waals surface area contributed by atoms with Crippen molar-refractivity contribution in [2.75, 3.05) is 41.3 Å². The van der Waals surface area contributed by atoms with Gasteiger partial charge in [-0.05, 0) is 30.5 Å². The maximum Gasteiger partial charge on any atom is 0.416 e. The van der Waals surface area contributed by atoms with Crippen LogP contribution in [-0.2, 0) is 12.7 Å². The molecule has 4 rings (SSSR count). The van der Waals surface area contributed by atoms with Crippen molar-refractivity contribution < 1.29 is 13.2 Å². The number of nitrogens with two attached hydrogens (primary N) is 4. The van der Waals surface area contributed by atoms with Crippen LogP contribution in [0, 0.1) is 0 Å². The Bertz CT molecular complexity index is 906. The fourth-order valence-corrected chi connectivity index (χ4v) is 4.39. The average molecular weight is 481 g/mol. The zero-order valence-electron chi connectivity index (χ0n) is 18.7. The SMILES string of the molecule is NC1CC(N)CN(c2nc(NCc3ccc(C(F)(F)F)cc3)nc(N3CC(N)CC(N)C3)n2)C1. The molecule has 10 nitrogen and oxygen atoms in total. The molecule has 2 saturated heterocycles. The summed E-state index contributed by atoms with van der Waals surface area (Å²) in [7, 11) is 0. The molecule has 0 spiro atoms. The van der Waals surface area contributed by atoms with Crippen molar-refractivity contribution in [3.8, 4) is 0 Å². The first kappa shape index (κ1) is 24.4. The van der Waals surface area contributed by atoms with E-state index < -0.39 is 11.7 Å². The zero-order chi connectivity index (χ0) is 24.5. The molecule has 1 aromatic heterocycles. The normalized spacial score (nSPS) is 26.0. The lowest BCUT2D eigenvalue weighted by Gasteiger charge is -2.37. The highest BCUT2D eigenvalue weighted by atomic mass is 19.4. The second kappa shape index (κ2) is 9.86. The Morgan fingerprint density at radius 3 is 1.62 bits per heavy atom. The highest BCUT2D eigenvalue weighted by Crippen LogP contribution is 2.29. The Morgan fingerprint density at radius 1 is 0.765 bits per heavy atom. The number of anilines is 3. The van der Waals surface area contributed by atoms with E-state index in [0.717, 1.165) is 12.1 Å². The Kier molecular flexibility index (Phi) is 7.07. The van der Waals surface area contributed by atoms with Gasteiger partial charge in [0.25, 0.3) is 0 Å². The van der Waals surface area contributed by atoms with Crippen molar-refractivity contribution in [3.05, 3.63) is 35.4 Å². The van der Waals surface area contributed by atoms with E-state index in [1.165, 1.54) is 12.1 Å². The fraction of sp³-hybridized carbons (Fsp3) is 0.571. The summed E-state index contributed by atoms with van der Waals surface area (Å²) in [4.78, 5) is 17.6. The highest BCUT2D eigenvalue weighted by molar-refractivity contribution is 5.47. The minimum atomic E-state index is -4.38. The Balaban J connectivity index is 1.57. The van der Waals surface area contributed by atoms with Crippen molar-refractivity contribution in [1.82, 2.24) is 15.0 Å². The molecule has 2 aliphatic rings. The van der Waals surface area contributed by atoms with Gasteiger partial charge < -0.3 is 38.1 Å². The largest absolute Gasteiger partial charge is 0.416 e. The second-order valence-corrected chi connectivity index (χ2v) is 9.13. The molecule has 2 aromatic rings.